The number of rotatable bonds is 5. The molecule has 152 valence electrons. The Balaban J connectivity index is 1.59. The van der Waals surface area contributed by atoms with Crippen molar-refractivity contribution in [2.75, 3.05) is 13.1 Å². The van der Waals surface area contributed by atoms with Crippen molar-refractivity contribution in [3.63, 3.8) is 0 Å². The van der Waals surface area contributed by atoms with Gasteiger partial charge in [0.1, 0.15) is 6.04 Å². The van der Waals surface area contributed by atoms with Crippen LogP contribution in [-0.4, -0.2) is 41.8 Å². The van der Waals surface area contributed by atoms with E-state index in [0.29, 0.717) is 38.8 Å². The number of carbonyl (C=O) groups excluding carboxylic acids is 3. The SMILES string of the molecule is NC(=O)C1(Cc2ccccc2-c2cccs2)CCCN(C(=O)C2CCC(=O)N2)C1. The van der Waals surface area contributed by atoms with Crippen molar-refractivity contribution in [3.05, 3.63) is 47.3 Å². The molecule has 4 rings (SSSR count). The molecule has 0 spiro atoms. The highest BCUT2D eigenvalue weighted by atomic mass is 32.1. The van der Waals surface area contributed by atoms with Gasteiger partial charge in [0, 0.05) is 24.4 Å². The number of nitrogens with one attached hydrogen (secondary N) is 1. The molecule has 29 heavy (non-hydrogen) atoms. The molecule has 0 radical (unpaired) electrons. The number of primary amides is 1. The Kier molecular flexibility index (Phi) is 5.41. The van der Waals surface area contributed by atoms with Crippen LogP contribution in [0.15, 0.2) is 41.8 Å². The van der Waals surface area contributed by atoms with Gasteiger partial charge in [0.15, 0.2) is 0 Å². The number of piperidine rings is 1. The molecule has 2 aromatic rings. The van der Waals surface area contributed by atoms with Crippen LogP contribution in [0.1, 0.15) is 31.2 Å². The smallest absolute Gasteiger partial charge is 0.245 e. The van der Waals surface area contributed by atoms with Crippen molar-refractivity contribution < 1.29 is 14.4 Å². The predicted octanol–water partition coefficient (Wildman–Crippen LogP) is 2.33. The molecule has 6 nitrogen and oxygen atoms in total. The lowest BCUT2D eigenvalue weighted by Gasteiger charge is -2.42. The highest BCUT2D eigenvalue weighted by Crippen LogP contribution is 2.38. The van der Waals surface area contributed by atoms with Crippen molar-refractivity contribution in [2.45, 2.75) is 38.1 Å². The molecule has 2 aliphatic heterocycles. The van der Waals surface area contributed by atoms with Crippen molar-refractivity contribution >= 4 is 29.1 Å². The second-order valence-electron chi connectivity index (χ2n) is 7.98. The Morgan fingerprint density at radius 2 is 2.07 bits per heavy atom. The van der Waals surface area contributed by atoms with E-state index in [4.69, 9.17) is 5.73 Å². The second kappa shape index (κ2) is 7.99. The summed E-state index contributed by atoms with van der Waals surface area (Å²) < 4.78 is 0. The highest BCUT2D eigenvalue weighted by Gasteiger charge is 2.44. The summed E-state index contributed by atoms with van der Waals surface area (Å²) in [5.41, 5.74) is 7.28. The van der Waals surface area contributed by atoms with Crippen LogP contribution in [0, 0.1) is 5.41 Å². The average Bonchev–Trinajstić information content (AvgIpc) is 3.40. The number of nitrogens with two attached hydrogens (primary N) is 1. The Labute approximate surface area is 174 Å². The molecule has 1 aromatic carbocycles. The van der Waals surface area contributed by atoms with E-state index in [-0.39, 0.29) is 17.7 Å². The standard InChI is InChI=1S/C22H25N3O3S/c23-21(28)22(13-15-5-1-2-6-16(15)18-7-3-12-29-18)10-4-11-25(14-22)20(27)17-8-9-19(26)24-17/h1-3,5-7,12,17H,4,8-11,13-14H2,(H2,23,28)(H,24,26). The fourth-order valence-corrected chi connectivity index (χ4v) is 5.27. The van der Waals surface area contributed by atoms with Crippen LogP contribution in [0.4, 0.5) is 0 Å². The van der Waals surface area contributed by atoms with Gasteiger partial charge in [-0.15, -0.1) is 11.3 Å². The minimum atomic E-state index is -0.802. The molecule has 3 heterocycles. The van der Waals surface area contributed by atoms with E-state index in [1.807, 2.05) is 29.6 Å². The number of amides is 3. The van der Waals surface area contributed by atoms with Crippen molar-refractivity contribution in [1.82, 2.24) is 10.2 Å². The monoisotopic (exact) mass is 411 g/mol. The molecule has 0 aliphatic carbocycles. The minimum absolute atomic E-state index is 0.0913. The number of carbonyl (C=O) groups is 3. The molecule has 0 bridgehead atoms. The number of likely N-dealkylation sites (tertiary alicyclic amines) is 1. The van der Waals surface area contributed by atoms with E-state index in [1.165, 1.54) is 0 Å². The normalized spacial score (nSPS) is 24.3. The summed E-state index contributed by atoms with van der Waals surface area (Å²) in [6.07, 6.45) is 2.76. The quantitative estimate of drug-likeness (QED) is 0.791. The number of hydrogen-bond acceptors (Lipinski definition) is 4. The van der Waals surface area contributed by atoms with Gasteiger partial charge in [-0.1, -0.05) is 30.3 Å². The molecule has 2 saturated heterocycles. The number of thiophene rings is 1. The van der Waals surface area contributed by atoms with Gasteiger partial charge in [0.2, 0.25) is 17.7 Å². The van der Waals surface area contributed by atoms with Crippen LogP contribution in [-0.2, 0) is 20.8 Å². The van der Waals surface area contributed by atoms with Gasteiger partial charge >= 0.3 is 0 Å². The zero-order valence-corrected chi connectivity index (χ0v) is 17.0. The Morgan fingerprint density at radius 1 is 1.24 bits per heavy atom. The van der Waals surface area contributed by atoms with Gasteiger partial charge in [-0.25, -0.2) is 0 Å². The van der Waals surface area contributed by atoms with E-state index < -0.39 is 11.5 Å². The molecule has 7 heteroatoms. The van der Waals surface area contributed by atoms with Crippen LogP contribution in [0.25, 0.3) is 10.4 Å². The third-order valence-electron chi connectivity index (χ3n) is 6.04. The van der Waals surface area contributed by atoms with E-state index >= 15 is 0 Å². The van der Waals surface area contributed by atoms with Crippen molar-refractivity contribution in [1.29, 1.82) is 0 Å². The Hall–Kier alpha value is -2.67. The Bertz CT molecular complexity index is 927. The Morgan fingerprint density at radius 3 is 2.76 bits per heavy atom. The van der Waals surface area contributed by atoms with Gasteiger partial charge in [-0.3, -0.25) is 14.4 Å². The van der Waals surface area contributed by atoms with Crippen LogP contribution in [0.3, 0.4) is 0 Å². The van der Waals surface area contributed by atoms with Gasteiger partial charge in [-0.05, 0) is 48.3 Å². The summed E-state index contributed by atoms with van der Waals surface area (Å²) in [7, 11) is 0. The molecular formula is C22H25N3O3S. The summed E-state index contributed by atoms with van der Waals surface area (Å²) in [4.78, 5) is 39.9. The maximum Gasteiger partial charge on any atom is 0.245 e. The highest BCUT2D eigenvalue weighted by molar-refractivity contribution is 7.13. The van der Waals surface area contributed by atoms with Crippen molar-refractivity contribution in [3.8, 4) is 10.4 Å². The van der Waals surface area contributed by atoms with E-state index in [0.717, 1.165) is 22.4 Å². The number of benzene rings is 1. The van der Waals surface area contributed by atoms with Gasteiger partial charge in [-0.2, -0.15) is 0 Å². The predicted molar refractivity (Wildman–Crippen MR) is 112 cm³/mol. The minimum Gasteiger partial charge on any atom is -0.369 e. The van der Waals surface area contributed by atoms with Crippen LogP contribution in [0.5, 0.6) is 0 Å². The zero-order valence-electron chi connectivity index (χ0n) is 16.2. The zero-order chi connectivity index (χ0) is 20.4. The third kappa shape index (κ3) is 3.92. The maximum absolute atomic E-state index is 12.9. The molecular weight excluding hydrogens is 386 g/mol. The molecule has 2 aliphatic rings. The van der Waals surface area contributed by atoms with Crippen LogP contribution >= 0.6 is 11.3 Å². The first-order chi connectivity index (χ1) is 14.0. The molecule has 2 unspecified atom stereocenters. The molecule has 3 amide bonds. The van der Waals surface area contributed by atoms with E-state index in [1.54, 1.807) is 16.2 Å². The summed E-state index contributed by atoms with van der Waals surface area (Å²) in [5.74, 6) is -0.564. The van der Waals surface area contributed by atoms with Gasteiger partial charge in [0.25, 0.3) is 0 Å². The number of hydrogen-bond donors (Lipinski definition) is 2. The first-order valence-corrected chi connectivity index (χ1v) is 10.9. The van der Waals surface area contributed by atoms with E-state index in [2.05, 4.69) is 17.4 Å². The van der Waals surface area contributed by atoms with Crippen LogP contribution in [0.2, 0.25) is 0 Å². The molecule has 2 atom stereocenters. The van der Waals surface area contributed by atoms with Crippen LogP contribution < -0.4 is 11.1 Å². The average molecular weight is 412 g/mol. The lowest BCUT2D eigenvalue weighted by Crippen LogP contribution is -2.56. The molecule has 1 aromatic heterocycles. The summed E-state index contributed by atoms with van der Waals surface area (Å²) in [5, 5.41) is 4.77. The number of nitrogens with zero attached hydrogens (tertiary/aromatic N) is 1. The molecule has 0 saturated carbocycles. The summed E-state index contributed by atoms with van der Waals surface area (Å²) >= 11 is 1.66. The lowest BCUT2D eigenvalue weighted by molar-refractivity contribution is -0.142. The summed E-state index contributed by atoms with van der Waals surface area (Å²) in [6, 6.07) is 11.7. The van der Waals surface area contributed by atoms with Gasteiger partial charge in [0.05, 0.1) is 5.41 Å². The van der Waals surface area contributed by atoms with E-state index in [9.17, 15) is 14.4 Å². The largest absolute Gasteiger partial charge is 0.369 e. The lowest BCUT2D eigenvalue weighted by atomic mass is 9.73. The second-order valence-corrected chi connectivity index (χ2v) is 8.93. The first-order valence-electron chi connectivity index (χ1n) is 9.98. The topological polar surface area (TPSA) is 92.5 Å². The van der Waals surface area contributed by atoms with Crippen molar-refractivity contribution in [2.24, 2.45) is 11.1 Å². The maximum atomic E-state index is 12.9. The summed E-state index contributed by atoms with van der Waals surface area (Å²) in [6.45, 7) is 0.888. The third-order valence-corrected chi connectivity index (χ3v) is 6.94. The fraction of sp³-hybridized carbons (Fsp3) is 0.409. The fourth-order valence-electron chi connectivity index (χ4n) is 4.48. The molecule has 3 N–H and O–H groups in total. The molecule has 2 fully saturated rings. The van der Waals surface area contributed by atoms with Gasteiger partial charge < -0.3 is 16.0 Å². The first kappa shape index (κ1) is 19.6.